The molecule has 0 atom stereocenters. The minimum absolute atomic E-state index is 0.203. The van der Waals surface area contributed by atoms with Gasteiger partial charge in [-0.25, -0.2) is 13.2 Å². The molecule has 0 spiro atoms. The fourth-order valence-electron chi connectivity index (χ4n) is 2.47. The summed E-state index contributed by atoms with van der Waals surface area (Å²) in [6.45, 7) is 3.77. The first-order chi connectivity index (χ1) is 11.8. The zero-order chi connectivity index (χ0) is 18.7. The minimum atomic E-state index is -1.70. The number of benzene rings is 1. The van der Waals surface area contributed by atoms with Crippen LogP contribution in [-0.2, 0) is 11.3 Å². The van der Waals surface area contributed by atoms with E-state index in [0.717, 1.165) is 6.07 Å². The molecule has 25 heavy (non-hydrogen) atoms. The highest BCUT2D eigenvalue weighted by atomic mass is 19.2. The third-order valence-electron chi connectivity index (χ3n) is 3.73. The average Bonchev–Trinajstić information content (AvgIpc) is 2.55. The van der Waals surface area contributed by atoms with E-state index in [-0.39, 0.29) is 18.7 Å². The molecule has 1 amide bonds. The predicted molar refractivity (Wildman–Crippen MR) is 86.3 cm³/mol. The van der Waals surface area contributed by atoms with E-state index >= 15 is 0 Å². The van der Waals surface area contributed by atoms with Crippen molar-refractivity contribution in [2.45, 2.75) is 20.4 Å². The summed E-state index contributed by atoms with van der Waals surface area (Å²) in [6, 6.07) is 3.21. The Morgan fingerprint density at radius 3 is 2.52 bits per heavy atom. The largest absolute Gasteiger partial charge is 0.383 e. The Labute approximate surface area is 142 Å². The van der Waals surface area contributed by atoms with Gasteiger partial charge in [0.25, 0.3) is 11.5 Å². The van der Waals surface area contributed by atoms with Crippen molar-refractivity contribution < 1.29 is 22.7 Å². The van der Waals surface area contributed by atoms with Crippen molar-refractivity contribution >= 4 is 11.6 Å². The fourth-order valence-corrected chi connectivity index (χ4v) is 2.47. The molecular weight excluding hydrogens is 337 g/mol. The number of carbonyl (C=O) groups is 1. The van der Waals surface area contributed by atoms with Crippen molar-refractivity contribution in [3.05, 3.63) is 62.8 Å². The summed E-state index contributed by atoms with van der Waals surface area (Å²) < 4.78 is 46.3. The van der Waals surface area contributed by atoms with Crippen molar-refractivity contribution in [3.63, 3.8) is 0 Å². The van der Waals surface area contributed by atoms with E-state index in [1.807, 2.05) is 0 Å². The van der Waals surface area contributed by atoms with Gasteiger partial charge in [-0.2, -0.15) is 0 Å². The van der Waals surface area contributed by atoms with Crippen LogP contribution in [0.1, 0.15) is 21.6 Å². The lowest BCUT2D eigenvalue weighted by Crippen LogP contribution is -2.33. The Kier molecular flexibility index (Phi) is 5.63. The molecule has 0 aliphatic rings. The lowest BCUT2D eigenvalue weighted by Gasteiger charge is -2.14. The van der Waals surface area contributed by atoms with Crippen LogP contribution < -0.4 is 10.9 Å². The molecule has 1 N–H and O–H groups in total. The fraction of sp³-hybridized carbons (Fsp3) is 0.294. The van der Waals surface area contributed by atoms with Crippen LogP contribution in [0, 0.1) is 31.3 Å². The van der Waals surface area contributed by atoms with E-state index < -0.39 is 34.6 Å². The molecule has 0 fully saturated rings. The van der Waals surface area contributed by atoms with Crippen molar-refractivity contribution in [2.75, 3.05) is 19.0 Å². The molecule has 134 valence electrons. The second-order valence-electron chi connectivity index (χ2n) is 5.47. The second kappa shape index (κ2) is 7.52. The van der Waals surface area contributed by atoms with E-state index in [9.17, 15) is 22.8 Å². The highest BCUT2D eigenvalue weighted by Crippen LogP contribution is 2.20. The normalized spacial score (nSPS) is 10.8. The van der Waals surface area contributed by atoms with Gasteiger partial charge in [0.2, 0.25) is 0 Å². The smallest absolute Gasteiger partial charge is 0.263 e. The van der Waals surface area contributed by atoms with E-state index in [1.54, 1.807) is 19.9 Å². The quantitative estimate of drug-likeness (QED) is 0.840. The lowest BCUT2D eigenvalue weighted by molar-refractivity contribution is 0.102. The third-order valence-corrected chi connectivity index (χ3v) is 3.73. The van der Waals surface area contributed by atoms with Gasteiger partial charge in [0, 0.05) is 19.3 Å². The number of methoxy groups -OCH3 is 1. The van der Waals surface area contributed by atoms with Gasteiger partial charge < -0.3 is 14.6 Å². The zero-order valence-electron chi connectivity index (χ0n) is 14.0. The number of anilines is 1. The number of aryl methyl sites for hydroxylation is 2. The summed E-state index contributed by atoms with van der Waals surface area (Å²) in [7, 11) is 1.48. The maximum absolute atomic E-state index is 13.7. The topological polar surface area (TPSA) is 60.3 Å². The summed E-state index contributed by atoms with van der Waals surface area (Å²) in [5.74, 6) is -5.50. The Morgan fingerprint density at radius 1 is 1.20 bits per heavy atom. The van der Waals surface area contributed by atoms with Crippen LogP contribution in [-0.4, -0.2) is 24.2 Å². The van der Waals surface area contributed by atoms with Gasteiger partial charge in [0.15, 0.2) is 17.5 Å². The summed E-state index contributed by atoms with van der Waals surface area (Å²) in [6.07, 6.45) is 0. The van der Waals surface area contributed by atoms with Gasteiger partial charge in [-0.05, 0) is 37.6 Å². The first-order valence-corrected chi connectivity index (χ1v) is 7.42. The van der Waals surface area contributed by atoms with Crippen LogP contribution >= 0.6 is 0 Å². The van der Waals surface area contributed by atoms with Gasteiger partial charge in [-0.1, -0.05) is 0 Å². The molecule has 0 bridgehead atoms. The Bertz CT molecular complexity index is 878. The summed E-state index contributed by atoms with van der Waals surface area (Å²) in [5.41, 5.74) is -0.306. The molecule has 1 aromatic heterocycles. The van der Waals surface area contributed by atoms with Crippen molar-refractivity contribution in [1.29, 1.82) is 0 Å². The minimum Gasteiger partial charge on any atom is -0.383 e. The molecule has 0 unspecified atom stereocenters. The number of pyridine rings is 1. The standard InChI is InChI=1S/C17H17F3N2O3/c1-9-8-10(2)22(6-7-25-3)17(24)13(9)16(23)21-12-5-4-11(18)14(19)15(12)20/h4-5,8H,6-7H2,1-3H3,(H,21,23). The summed E-state index contributed by atoms with van der Waals surface area (Å²) in [5, 5.41) is 2.11. The van der Waals surface area contributed by atoms with E-state index in [0.29, 0.717) is 17.3 Å². The molecule has 0 saturated carbocycles. The number of aromatic nitrogens is 1. The zero-order valence-corrected chi connectivity index (χ0v) is 14.0. The van der Waals surface area contributed by atoms with Gasteiger partial charge >= 0.3 is 0 Å². The van der Waals surface area contributed by atoms with Crippen molar-refractivity contribution in [3.8, 4) is 0 Å². The monoisotopic (exact) mass is 354 g/mol. The number of amides is 1. The van der Waals surface area contributed by atoms with Gasteiger partial charge in [0.1, 0.15) is 5.56 Å². The number of hydrogen-bond acceptors (Lipinski definition) is 3. The molecular formula is C17H17F3N2O3. The first-order valence-electron chi connectivity index (χ1n) is 7.42. The summed E-state index contributed by atoms with van der Waals surface area (Å²) >= 11 is 0. The average molecular weight is 354 g/mol. The van der Waals surface area contributed by atoms with Crippen LogP contribution in [0.3, 0.4) is 0 Å². The number of ether oxygens (including phenoxy) is 1. The molecule has 1 heterocycles. The number of nitrogens with one attached hydrogen (secondary N) is 1. The van der Waals surface area contributed by atoms with Crippen LogP contribution in [0.2, 0.25) is 0 Å². The highest BCUT2D eigenvalue weighted by molar-refractivity contribution is 6.05. The van der Waals surface area contributed by atoms with Crippen molar-refractivity contribution in [2.24, 2.45) is 0 Å². The SMILES string of the molecule is COCCn1c(C)cc(C)c(C(=O)Nc2ccc(F)c(F)c2F)c1=O. The maximum atomic E-state index is 13.7. The Hall–Kier alpha value is -2.61. The third kappa shape index (κ3) is 3.74. The van der Waals surface area contributed by atoms with Gasteiger partial charge in [0.05, 0.1) is 12.3 Å². The number of nitrogens with zero attached hydrogens (tertiary/aromatic N) is 1. The second-order valence-corrected chi connectivity index (χ2v) is 5.47. The molecule has 0 aliphatic heterocycles. The Morgan fingerprint density at radius 2 is 1.88 bits per heavy atom. The molecule has 8 heteroatoms. The molecule has 2 aromatic rings. The predicted octanol–water partition coefficient (Wildman–Crippen LogP) is 2.78. The number of rotatable bonds is 5. The van der Waals surface area contributed by atoms with Crippen molar-refractivity contribution in [1.82, 2.24) is 4.57 Å². The molecule has 0 saturated heterocycles. The van der Waals surface area contributed by atoms with Gasteiger partial charge in [-0.15, -0.1) is 0 Å². The van der Waals surface area contributed by atoms with Crippen LogP contribution in [0.25, 0.3) is 0 Å². The van der Waals surface area contributed by atoms with E-state index in [2.05, 4.69) is 5.32 Å². The van der Waals surface area contributed by atoms with Crippen LogP contribution in [0.4, 0.5) is 18.9 Å². The first kappa shape index (κ1) is 18.7. The van der Waals surface area contributed by atoms with Crippen LogP contribution in [0.15, 0.2) is 23.0 Å². The summed E-state index contributed by atoms with van der Waals surface area (Å²) in [4.78, 5) is 25.0. The number of hydrogen-bond donors (Lipinski definition) is 1. The highest BCUT2D eigenvalue weighted by Gasteiger charge is 2.20. The van der Waals surface area contributed by atoms with Gasteiger partial charge in [-0.3, -0.25) is 9.59 Å². The molecule has 5 nitrogen and oxygen atoms in total. The molecule has 2 rings (SSSR count). The maximum Gasteiger partial charge on any atom is 0.263 e. The Balaban J connectivity index is 2.43. The van der Waals surface area contributed by atoms with E-state index in [1.165, 1.54) is 11.7 Å². The van der Waals surface area contributed by atoms with E-state index in [4.69, 9.17) is 4.74 Å². The molecule has 1 aromatic carbocycles. The molecule has 0 radical (unpaired) electrons. The molecule has 0 aliphatic carbocycles. The van der Waals surface area contributed by atoms with Crippen LogP contribution in [0.5, 0.6) is 0 Å². The lowest BCUT2D eigenvalue weighted by atomic mass is 10.1. The number of carbonyl (C=O) groups excluding carboxylic acids is 1. The number of halogens is 3.